The van der Waals surface area contributed by atoms with Gasteiger partial charge in [-0.25, -0.2) is 9.78 Å². The lowest BCUT2D eigenvalue weighted by Gasteiger charge is -2.26. The number of fused-ring (bicyclic) bond motifs is 1. The molecule has 5 rings (SSSR count). The van der Waals surface area contributed by atoms with E-state index >= 15 is 0 Å². The summed E-state index contributed by atoms with van der Waals surface area (Å²) in [4.78, 5) is 31.2. The van der Waals surface area contributed by atoms with Crippen molar-refractivity contribution in [2.45, 2.75) is 90.4 Å². The normalized spacial score (nSPS) is 15.8. The summed E-state index contributed by atoms with van der Waals surface area (Å²) in [6.07, 6.45) is 13.8. The Kier molecular flexibility index (Phi) is 17.4. The van der Waals surface area contributed by atoms with Crippen LogP contribution in [0.4, 0.5) is 0 Å². The summed E-state index contributed by atoms with van der Waals surface area (Å²) in [5.74, 6) is 0.0861. The molecule has 10 nitrogen and oxygen atoms in total. The van der Waals surface area contributed by atoms with Crippen LogP contribution in [0.5, 0.6) is 11.5 Å². The van der Waals surface area contributed by atoms with Crippen LogP contribution in [0.15, 0.2) is 78.4 Å². The molecule has 1 aliphatic rings. The number of thiazole rings is 1. The molecule has 0 atom stereocenters. The van der Waals surface area contributed by atoms with E-state index in [0.29, 0.717) is 71.2 Å². The molecule has 300 valence electrons. The largest absolute Gasteiger partial charge is 0.494 e. The number of benzene rings is 3. The fraction of sp³-hybridized carbons (Fsp3) is 0.467. The Hall–Kier alpha value is -4.58. The predicted octanol–water partition coefficient (Wildman–Crippen LogP) is 9.82. The number of hydrogen-bond donors (Lipinski definition) is 3. The number of nitrogens with one attached hydrogen (secondary N) is 1. The maximum Gasteiger partial charge on any atom is 0.336 e. The minimum atomic E-state index is -1.08. The second-order valence-corrected chi connectivity index (χ2v) is 15.4. The lowest BCUT2D eigenvalue weighted by molar-refractivity contribution is -0.140. The van der Waals surface area contributed by atoms with Crippen LogP contribution >= 0.6 is 11.3 Å². The van der Waals surface area contributed by atoms with Crippen molar-refractivity contribution in [2.24, 2.45) is 16.9 Å². The zero-order chi connectivity index (χ0) is 39.5. The zero-order valence-corrected chi connectivity index (χ0v) is 33.5. The third-order valence-electron chi connectivity index (χ3n) is 10.3. The SMILES string of the molecule is C=CCOCCCCCCOc1ccc(C(=O)O)c(-c2ccc(OC(=O)C3CCC(CC)CC3)cc2C(=NNCCCCCCO)c2nc3ccccc3s2)c1. The number of carboxylic acid groups (broad SMARTS) is 1. The molecule has 0 spiro atoms. The second-order valence-electron chi connectivity index (χ2n) is 14.4. The number of carbonyl (C=O) groups excluding carboxylic acids is 1. The van der Waals surface area contributed by atoms with E-state index in [1.807, 2.05) is 30.3 Å². The highest BCUT2D eigenvalue weighted by atomic mass is 32.1. The maximum atomic E-state index is 13.5. The average Bonchev–Trinajstić information content (AvgIpc) is 3.65. The summed E-state index contributed by atoms with van der Waals surface area (Å²) in [6.45, 7) is 8.39. The number of esters is 1. The molecule has 1 aliphatic carbocycles. The van der Waals surface area contributed by atoms with Crippen molar-refractivity contribution in [3.8, 4) is 22.6 Å². The standard InChI is InChI=1S/C45H57N3O7S/c1-3-27-53-28-13-7-8-14-29-54-34-21-24-37(44(50)51)38(30-34)36-23-22-35(55-45(52)33-19-17-32(4-2)18-20-33)31-39(36)42(48-46-25-11-5-6-12-26-49)43-47-40-15-9-10-16-41(40)56-43/h3,9-10,15-16,21-24,30-33,46,49H,1,4-8,11-14,17-20,25-29H2,2H3,(H,50,51). The number of ether oxygens (including phenoxy) is 3. The molecular weight excluding hydrogens is 727 g/mol. The zero-order valence-electron chi connectivity index (χ0n) is 32.7. The van der Waals surface area contributed by atoms with Crippen molar-refractivity contribution in [1.29, 1.82) is 0 Å². The van der Waals surface area contributed by atoms with Crippen molar-refractivity contribution >= 4 is 39.2 Å². The van der Waals surface area contributed by atoms with Crippen molar-refractivity contribution in [2.75, 3.05) is 33.0 Å². The van der Waals surface area contributed by atoms with E-state index in [4.69, 9.17) is 24.3 Å². The Morgan fingerprint density at radius 3 is 2.39 bits per heavy atom. The lowest BCUT2D eigenvalue weighted by atomic mass is 9.81. The first-order valence-corrected chi connectivity index (χ1v) is 21.1. The van der Waals surface area contributed by atoms with Crippen LogP contribution < -0.4 is 14.9 Å². The molecule has 1 heterocycles. The molecule has 1 fully saturated rings. The monoisotopic (exact) mass is 783 g/mol. The maximum absolute atomic E-state index is 13.5. The van der Waals surface area contributed by atoms with Gasteiger partial charge in [0.05, 0.1) is 34.9 Å². The number of carbonyl (C=O) groups is 2. The van der Waals surface area contributed by atoms with Crippen LogP contribution in [-0.4, -0.2) is 65.8 Å². The summed E-state index contributed by atoms with van der Waals surface area (Å²) >= 11 is 1.49. The van der Waals surface area contributed by atoms with Gasteiger partial charge in [-0.3, -0.25) is 4.79 Å². The van der Waals surface area contributed by atoms with E-state index in [1.165, 1.54) is 11.3 Å². The number of nitrogens with zero attached hydrogens (tertiary/aromatic N) is 2. The first-order chi connectivity index (χ1) is 27.4. The quantitative estimate of drug-likeness (QED) is 0.0158. The molecular formula is C45H57N3O7S. The molecule has 0 aliphatic heterocycles. The minimum absolute atomic E-state index is 0.107. The van der Waals surface area contributed by atoms with Crippen LogP contribution in [0.25, 0.3) is 21.3 Å². The highest BCUT2D eigenvalue weighted by molar-refractivity contribution is 7.20. The third-order valence-corrected chi connectivity index (χ3v) is 11.3. The number of hydrogen-bond acceptors (Lipinski definition) is 10. The smallest absolute Gasteiger partial charge is 0.336 e. The molecule has 0 radical (unpaired) electrons. The summed E-state index contributed by atoms with van der Waals surface area (Å²) in [6, 6.07) is 18.2. The molecule has 0 unspecified atom stereocenters. The number of aromatic nitrogens is 1. The van der Waals surface area contributed by atoms with Gasteiger partial charge in [-0.1, -0.05) is 50.8 Å². The number of unbranched alkanes of at least 4 members (excludes halogenated alkanes) is 6. The molecule has 0 bridgehead atoms. The van der Waals surface area contributed by atoms with Crippen molar-refractivity contribution in [3.05, 3.63) is 89.5 Å². The number of aliphatic hydroxyl groups is 1. The molecule has 1 aromatic heterocycles. The van der Waals surface area contributed by atoms with Crippen LogP contribution in [0.1, 0.15) is 111 Å². The Labute approximate surface area is 335 Å². The highest BCUT2D eigenvalue weighted by Gasteiger charge is 2.28. The number of para-hydroxylation sites is 1. The molecule has 56 heavy (non-hydrogen) atoms. The number of carboxylic acids is 1. The van der Waals surface area contributed by atoms with Gasteiger partial charge in [-0.15, -0.1) is 17.9 Å². The number of aliphatic hydroxyl groups excluding tert-OH is 1. The Morgan fingerprint density at radius 2 is 1.64 bits per heavy atom. The van der Waals surface area contributed by atoms with E-state index in [9.17, 15) is 19.8 Å². The van der Waals surface area contributed by atoms with Crippen LogP contribution in [-0.2, 0) is 9.53 Å². The average molecular weight is 784 g/mol. The third kappa shape index (κ3) is 12.5. The topological polar surface area (TPSA) is 140 Å². The fourth-order valence-electron chi connectivity index (χ4n) is 7.06. The summed E-state index contributed by atoms with van der Waals surface area (Å²) in [5, 5.41) is 25.2. The summed E-state index contributed by atoms with van der Waals surface area (Å²) in [5.41, 5.74) is 6.31. The van der Waals surface area contributed by atoms with Crippen molar-refractivity contribution in [3.63, 3.8) is 0 Å². The molecule has 11 heteroatoms. The van der Waals surface area contributed by atoms with Gasteiger partial charge in [0.2, 0.25) is 0 Å². The van der Waals surface area contributed by atoms with Gasteiger partial charge < -0.3 is 29.8 Å². The summed E-state index contributed by atoms with van der Waals surface area (Å²) in [7, 11) is 0. The highest BCUT2D eigenvalue weighted by Crippen LogP contribution is 2.37. The molecule has 0 saturated heterocycles. The van der Waals surface area contributed by atoms with Gasteiger partial charge in [-0.2, -0.15) is 5.10 Å². The number of rotatable bonds is 24. The van der Waals surface area contributed by atoms with Crippen LogP contribution in [0.3, 0.4) is 0 Å². The molecule has 0 amide bonds. The molecule has 1 saturated carbocycles. The van der Waals surface area contributed by atoms with Gasteiger partial charge in [0.15, 0.2) is 0 Å². The van der Waals surface area contributed by atoms with E-state index in [1.54, 1.807) is 36.4 Å². The fourth-order valence-corrected chi connectivity index (χ4v) is 8.03. The van der Waals surface area contributed by atoms with Crippen LogP contribution in [0.2, 0.25) is 0 Å². The molecule has 4 aromatic rings. The Morgan fingerprint density at radius 1 is 0.893 bits per heavy atom. The molecule has 3 aromatic carbocycles. The predicted molar refractivity (Wildman–Crippen MR) is 224 cm³/mol. The van der Waals surface area contributed by atoms with E-state index < -0.39 is 5.97 Å². The molecule has 3 N–H and O–H groups in total. The van der Waals surface area contributed by atoms with Gasteiger partial charge in [-0.05, 0) is 118 Å². The van der Waals surface area contributed by atoms with Gasteiger partial charge in [0, 0.05) is 30.9 Å². The minimum Gasteiger partial charge on any atom is -0.494 e. The second kappa shape index (κ2) is 22.8. The van der Waals surface area contributed by atoms with E-state index in [0.717, 1.165) is 93.7 Å². The number of aromatic carboxylic acids is 1. The van der Waals surface area contributed by atoms with Gasteiger partial charge in [0.1, 0.15) is 22.2 Å². The first-order valence-electron chi connectivity index (χ1n) is 20.2. The van der Waals surface area contributed by atoms with E-state index in [2.05, 4.69) is 18.9 Å². The number of hydrazone groups is 1. The van der Waals surface area contributed by atoms with Gasteiger partial charge in [0.25, 0.3) is 0 Å². The summed E-state index contributed by atoms with van der Waals surface area (Å²) < 4.78 is 18.7. The van der Waals surface area contributed by atoms with Crippen molar-refractivity contribution < 1.29 is 34.0 Å². The Bertz CT molecular complexity index is 1870. The van der Waals surface area contributed by atoms with Gasteiger partial charge >= 0.3 is 11.9 Å². The lowest BCUT2D eigenvalue weighted by Crippen LogP contribution is -2.25. The van der Waals surface area contributed by atoms with Crippen molar-refractivity contribution in [1.82, 2.24) is 10.4 Å². The van der Waals surface area contributed by atoms with Crippen LogP contribution in [0, 0.1) is 11.8 Å². The first kappa shape index (κ1) is 42.6. The van der Waals surface area contributed by atoms with E-state index in [-0.39, 0.29) is 24.1 Å². The Balaban J connectivity index is 1.49.